The van der Waals surface area contributed by atoms with Crippen molar-refractivity contribution < 1.29 is 32.3 Å². The van der Waals surface area contributed by atoms with Gasteiger partial charge in [-0.05, 0) is 37.0 Å². The van der Waals surface area contributed by atoms with Gasteiger partial charge in [-0.15, -0.1) is 11.3 Å². The third-order valence-electron chi connectivity index (χ3n) is 6.46. The van der Waals surface area contributed by atoms with Crippen LogP contribution in [0.3, 0.4) is 0 Å². The number of thiophene rings is 1. The molecular formula is C22H19F3N2O4S. The second-order valence-corrected chi connectivity index (χ2v) is 9.31. The molecule has 1 N–H and O–H groups in total. The number of fused-ring (bicyclic) bond motifs is 1. The fourth-order valence-corrected chi connectivity index (χ4v) is 5.35. The number of piperidine rings is 1. The van der Waals surface area contributed by atoms with Crippen molar-refractivity contribution in [1.29, 1.82) is 0 Å². The first-order valence-corrected chi connectivity index (χ1v) is 11.1. The lowest BCUT2D eigenvalue weighted by atomic mass is 9.95. The molecule has 10 heteroatoms. The van der Waals surface area contributed by atoms with Crippen molar-refractivity contribution >= 4 is 29.1 Å². The number of rotatable bonds is 5. The van der Waals surface area contributed by atoms with Crippen LogP contribution in [-0.2, 0) is 28.2 Å². The lowest BCUT2D eigenvalue weighted by molar-refractivity contribution is -0.160. The number of hydrogen-bond acceptors (Lipinski definition) is 5. The fraction of sp³-hybridized carbons (Fsp3) is 0.409. The van der Waals surface area contributed by atoms with Crippen molar-refractivity contribution in [2.24, 2.45) is 0 Å². The lowest BCUT2D eigenvalue weighted by Gasteiger charge is -2.29. The standard InChI is InChI=1S/C22H19F3N2O4S/c23-22(24,25)21(7-8-21)12-1-3-13(4-2-12)31-10-17-14-9-27(20(30)15(14)11-32-17)16-5-6-18(28)26-19(16)29/h1-4,11,16H,5-10H2,(H,26,28,29)/t16-/m0/s1. The van der Waals surface area contributed by atoms with Crippen LogP contribution in [0.5, 0.6) is 5.75 Å². The number of imide groups is 1. The molecule has 1 saturated carbocycles. The minimum Gasteiger partial charge on any atom is -0.488 e. The Kier molecular flexibility index (Phi) is 4.81. The molecule has 32 heavy (non-hydrogen) atoms. The summed E-state index contributed by atoms with van der Waals surface area (Å²) in [6.45, 7) is 0.426. The van der Waals surface area contributed by atoms with Crippen LogP contribution in [-0.4, -0.2) is 34.8 Å². The SMILES string of the molecule is O=C1CC[C@H](N2Cc3c(csc3COc3ccc(C4(C(F)(F)F)CC4)cc3)C2=O)C(=O)N1. The molecule has 2 aliphatic heterocycles. The van der Waals surface area contributed by atoms with Gasteiger partial charge in [-0.3, -0.25) is 19.7 Å². The van der Waals surface area contributed by atoms with Crippen LogP contribution in [0.25, 0.3) is 0 Å². The van der Waals surface area contributed by atoms with Gasteiger partial charge in [0, 0.05) is 28.8 Å². The van der Waals surface area contributed by atoms with E-state index in [0.717, 1.165) is 10.4 Å². The number of nitrogens with zero attached hydrogens (tertiary/aromatic N) is 1. The molecule has 6 nitrogen and oxygen atoms in total. The number of benzene rings is 1. The zero-order valence-corrected chi connectivity index (χ0v) is 17.6. The topological polar surface area (TPSA) is 75.7 Å². The monoisotopic (exact) mass is 464 g/mol. The predicted octanol–water partition coefficient (Wildman–Crippen LogP) is 3.68. The molecular weight excluding hydrogens is 445 g/mol. The molecule has 1 atom stereocenters. The summed E-state index contributed by atoms with van der Waals surface area (Å²) in [4.78, 5) is 38.6. The molecule has 1 saturated heterocycles. The second-order valence-electron chi connectivity index (χ2n) is 8.34. The number of amides is 3. The van der Waals surface area contributed by atoms with E-state index < -0.39 is 23.5 Å². The number of hydrogen-bond donors (Lipinski definition) is 1. The molecule has 5 rings (SSSR count). The van der Waals surface area contributed by atoms with Gasteiger partial charge in [-0.2, -0.15) is 13.2 Å². The molecule has 3 aliphatic rings. The molecule has 0 bridgehead atoms. The minimum atomic E-state index is -4.26. The highest BCUT2D eigenvalue weighted by Gasteiger charge is 2.64. The van der Waals surface area contributed by atoms with Gasteiger partial charge in [0.25, 0.3) is 5.91 Å². The summed E-state index contributed by atoms with van der Waals surface area (Å²) < 4.78 is 45.6. The Morgan fingerprint density at radius 2 is 1.88 bits per heavy atom. The van der Waals surface area contributed by atoms with Gasteiger partial charge in [0.15, 0.2) is 0 Å². The Balaban J connectivity index is 1.26. The van der Waals surface area contributed by atoms with E-state index in [0.29, 0.717) is 17.7 Å². The van der Waals surface area contributed by atoms with Gasteiger partial charge < -0.3 is 9.64 Å². The maximum absolute atomic E-state index is 13.3. The maximum Gasteiger partial charge on any atom is 0.398 e. The Bertz CT molecular complexity index is 1110. The van der Waals surface area contributed by atoms with E-state index in [2.05, 4.69) is 5.32 Å². The minimum absolute atomic E-state index is 0.107. The normalized spacial score (nSPS) is 22.0. The van der Waals surface area contributed by atoms with E-state index in [9.17, 15) is 27.6 Å². The fourth-order valence-electron chi connectivity index (χ4n) is 4.40. The summed E-state index contributed by atoms with van der Waals surface area (Å²) in [5.41, 5.74) is -0.162. The van der Waals surface area contributed by atoms with Crippen molar-refractivity contribution in [1.82, 2.24) is 10.2 Å². The number of halogens is 3. The van der Waals surface area contributed by atoms with Crippen LogP contribution in [0.4, 0.5) is 13.2 Å². The smallest absolute Gasteiger partial charge is 0.398 e. The van der Waals surface area contributed by atoms with Gasteiger partial charge in [0.1, 0.15) is 18.4 Å². The van der Waals surface area contributed by atoms with Crippen molar-refractivity contribution in [2.45, 2.75) is 56.5 Å². The summed E-state index contributed by atoms with van der Waals surface area (Å²) >= 11 is 1.37. The summed E-state index contributed by atoms with van der Waals surface area (Å²) in [5, 5.41) is 4.00. The number of carbonyl (C=O) groups is 3. The average Bonchev–Trinajstić information content (AvgIpc) is 3.39. The molecule has 3 heterocycles. The molecule has 1 aromatic carbocycles. The second kappa shape index (κ2) is 7.33. The van der Waals surface area contributed by atoms with Crippen molar-refractivity contribution in [3.05, 3.63) is 51.2 Å². The number of ether oxygens (including phenoxy) is 1. The van der Waals surface area contributed by atoms with E-state index in [-0.39, 0.29) is 49.8 Å². The van der Waals surface area contributed by atoms with E-state index >= 15 is 0 Å². The van der Waals surface area contributed by atoms with Crippen molar-refractivity contribution in [3.63, 3.8) is 0 Å². The van der Waals surface area contributed by atoms with Crippen LogP contribution in [0.15, 0.2) is 29.6 Å². The molecule has 168 valence electrons. The molecule has 3 amide bonds. The molecule has 1 aliphatic carbocycles. The summed E-state index contributed by atoms with van der Waals surface area (Å²) in [6.07, 6.45) is -3.56. The number of carbonyl (C=O) groups excluding carboxylic acids is 3. The van der Waals surface area contributed by atoms with Gasteiger partial charge in [-0.25, -0.2) is 0 Å². The van der Waals surface area contributed by atoms with Gasteiger partial charge in [0.2, 0.25) is 11.8 Å². The van der Waals surface area contributed by atoms with Gasteiger partial charge in [-0.1, -0.05) is 12.1 Å². The quantitative estimate of drug-likeness (QED) is 0.685. The molecule has 2 aromatic rings. The van der Waals surface area contributed by atoms with E-state index in [1.807, 2.05) is 0 Å². The van der Waals surface area contributed by atoms with Crippen LogP contribution in [0.1, 0.15) is 52.0 Å². The first kappa shape index (κ1) is 21.0. The Labute approximate surface area is 185 Å². The van der Waals surface area contributed by atoms with Crippen LogP contribution in [0.2, 0.25) is 0 Å². The summed E-state index contributed by atoms with van der Waals surface area (Å²) in [7, 11) is 0. The molecule has 0 radical (unpaired) electrons. The third-order valence-corrected chi connectivity index (χ3v) is 7.46. The maximum atomic E-state index is 13.3. The zero-order valence-electron chi connectivity index (χ0n) is 16.8. The molecule has 1 aromatic heterocycles. The number of nitrogens with one attached hydrogen (secondary N) is 1. The summed E-state index contributed by atoms with van der Waals surface area (Å²) in [6, 6.07) is 5.32. The highest BCUT2D eigenvalue weighted by Crippen LogP contribution is 2.58. The van der Waals surface area contributed by atoms with E-state index in [1.54, 1.807) is 5.38 Å². The molecule has 0 unspecified atom stereocenters. The first-order valence-electron chi connectivity index (χ1n) is 10.2. The van der Waals surface area contributed by atoms with Gasteiger partial charge in [0.05, 0.1) is 11.0 Å². The first-order chi connectivity index (χ1) is 15.2. The zero-order chi connectivity index (χ0) is 22.7. The lowest BCUT2D eigenvalue weighted by Crippen LogP contribution is -2.52. The molecule has 2 fully saturated rings. The predicted molar refractivity (Wildman–Crippen MR) is 108 cm³/mol. The van der Waals surface area contributed by atoms with Crippen LogP contribution in [0, 0.1) is 0 Å². The highest BCUT2D eigenvalue weighted by atomic mass is 32.1. The number of alkyl halides is 3. The van der Waals surface area contributed by atoms with Gasteiger partial charge >= 0.3 is 6.18 Å². The average molecular weight is 464 g/mol. The largest absolute Gasteiger partial charge is 0.488 e. The van der Waals surface area contributed by atoms with Crippen molar-refractivity contribution in [3.8, 4) is 5.75 Å². The highest BCUT2D eigenvalue weighted by molar-refractivity contribution is 7.10. The van der Waals surface area contributed by atoms with Crippen molar-refractivity contribution in [2.75, 3.05) is 0 Å². The summed E-state index contributed by atoms with van der Waals surface area (Å²) in [5.74, 6) is -0.605. The van der Waals surface area contributed by atoms with E-state index in [1.165, 1.54) is 40.5 Å². The Morgan fingerprint density at radius 1 is 1.16 bits per heavy atom. The van der Waals surface area contributed by atoms with E-state index in [4.69, 9.17) is 4.74 Å². The van der Waals surface area contributed by atoms with Crippen LogP contribution >= 0.6 is 11.3 Å². The Hall–Kier alpha value is -2.88. The Morgan fingerprint density at radius 3 is 2.50 bits per heavy atom. The van der Waals surface area contributed by atoms with Crippen LogP contribution < -0.4 is 10.1 Å². The third kappa shape index (κ3) is 3.37. The molecule has 0 spiro atoms.